The summed E-state index contributed by atoms with van der Waals surface area (Å²) in [5.74, 6) is 0. The molecule has 0 heterocycles. The molecule has 0 aliphatic carbocycles. The summed E-state index contributed by atoms with van der Waals surface area (Å²) < 4.78 is 0. The van der Waals surface area contributed by atoms with Crippen LogP contribution >= 0.6 is 0 Å². The fourth-order valence-corrected chi connectivity index (χ4v) is 2.11. The number of nitrogens with two attached hydrogens (primary N) is 1. The van der Waals surface area contributed by atoms with Crippen LogP contribution in [-0.2, 0) is 0 Å². The Labute approximate surface area is 104 Å². The first-order valence-corrected chi connectivity index (χ1v) is 5.97. The summed E-state index contributed by atoms with van der Waals surface area (Å²) in [6.45, 7) is 4.06. The molecular formula is C14H21N3. The second kappa shape index (κ2) is 6.39. The first-order valence-electron chi connectivity index (χ1n) is 5.97. The zero-order chi connectivity index (χ0) is 12.8. The highest BCUT2D eigenvalue weighted by molar-refractivity contribution is 5.20. The summed E-state index contributed by atoms with van der Waals surface area (Å²) in [6, 6.07) is 12.8. The Kier molecular flexibility index (Phi) is 5.14. The fourth-order valence-electron chi connectivity index (χ4n) is 2.11. The quantitative estimate of drug-likeness (QED) is 0.846. The molecule has 0 aliphatic rings. The smallest absolute Gasteiger partial charge is 0.0638 e. The molecule has 1 aromatic carbocycles. The fraction of sp³-hybridized carbons (Fsp3) is 0.500. The Bertz CT molecular complexity index is 367. The first kappa shape index (κ1) is 13.7. The van der Waals surface area contributed by atoms with Gasteiger partial charge in [0.05, 0.1) is 12.5 Å². The Morgan fingerprint density at radius 1 is 1.29 bits per heavy atom. The summed E-state index contributed by atoms with van der Waals surface area (Å²) >= 11 is 0. The van der Waals surface area contributed by atoms with Crippen LogP contribution in [0.25, 0.3) is 0 Å². The van der Waals surface area contributed by atoms with Crippen LogP contribution in [-0.4, -0.2) is 24.0 Å². The molecule has 0 saturated heterocycles. The Morgan fingerprint density at radius 3 is 2.35 bits per heavy atom. The molecule has 0 saturated carbocycles. The molecule has 3 atom stereocenters. The van der Waals surface area contributed by atoms with Gasteiger partial charge in [0, 0.05) is 18.1 Å². The van der Waals surface area contributed by atoms with E-state index in [4.69, 9.17) is 11.0 Å². The molecule has 0 aliphatic heterocycles. The maximum atomic E-state index is 8.77. The van der Waals surface area contributed by atoms with Crippen LogP contribution in [0.5, 0.6) is 0 Å². The molecule has 1 aromatic rings. The molecule has 3 heteroatoms. The van der Waals surface area contributed by atoms with Crippen molar-refractivity contribution in [3.8, 4) is 6.07 Å². The summed E-state index contributed by atoms with van der Waals surface area (Å²) in [5, 5.41) is 8.77. The lowest BCUT2D eigenvalue weighted by molar-refractivity contribution is 0.167. The van der Waals surface area contributed by atoms with E-state index >= 15 is 0 Å². The molecule has 0 aromatic heterocycles. The molecule has 3 unspecified atom stereocenters. The minimum absolute atomic E-state index is 0.0311. The highest BCUT2D eigenvalue weighted by atomic mass is 15.2. The minimum Gasteiger partial charge on any atom is -0.326 e. The van der Waals surface area contributed by atoms with Crippen LogP contribution in [0.1, 0.15) is 31.9 Å². The summed E-state index contributed by atoms with van der Waals surface area (Å²) in [4.78, 5) is 2.18. The maximum Gasteiger partial charge on any atom is 0.0638 e. The summed E-state index contributed by atoms with van der Waals surface area (Å²) in [6.07, 6.45) is 0.520. The third kappa shape index (κ3) is 3.55. The van der Waals surface area contributed by atoms with Crippen molar-refractivity contribution < 1.29 is 0 Å². The number of hydrogen-bond donors (Lipinski definition) is 1. The van der Waals surface area contributed by atoms with E-state index in [2.05, 4.69) is 30.0 Å². The van der Waals surface area contributed by atoms with Gasteiger partial charge in [-0.3, -0.25) is 4.90 Å². The van der Waals surface area contributed by atoms with Crippen LogP contribution in [0.2, 0.25) is 0 Å². The van der Waals surface area contributed by atoms with Crippen LogP contribution in [0.4, 0.5) is 0 Å². The van der Waals surface area contributed by atoms with Gasteiger partial charge in [-0.05, 0) is 26.5 Å². The number of rotatable bonds is 5. The number of benzene rings is 1. The van der Waals surface area contributed by atoms with Gasteiger partial charge < -0.3 is 5.73 Å². The molecule has 0 radical (unpaired) electrons. The zero-order valence-electron chi connectivity index (χ0n) is 10.8. The second-order valence-electron chi connectivity index (χ2n) is 4.59. The number of hydrogen-bond acceptors (Lipinski definition) is 3. The van der Waals surface area contributed by atoms with Gasteiger partial charge in [-0.25, -0.2) is 0 Å². The summed E-state index contributed by atoms with van der Waals surface area (Å²) in [7, 11) is 2.03. The maximum absolute atomic E-state index is 8.77. The van der Waals surface area contributed by atoms with E-state index in [-0.39, 0.29) is 18.1 Å². The van der Waals surface area contributed by atoms with Gasteiger partial charge in [0.15, 0.2) is 0 Å². The van der Waals surface area contributed by atoms with Crippen LogP contribution < -0.4 is 5.73 Å². The third-order valence-corrected chi connectivity index (χ3v) is 3.16. The molecule has 92 valence electrons. The van der Waals surface area contributed by atoms with E-state index in [0.717, 1.165) is 0 Å². The van der Waals surface area contributed by atoms with Crippen molar-refractivity contribution in [3.63, 3.8) is 0 Å². The standard InChI is InChI=1S/C14H21N3/c1-11(9-10-15)17(3)14(12(2)16)13-7-5-4-6-8-13/h4-8,11-12,14H,9,16H2,1-3H3. The van der Waals surface area contributed by atoms with Gasteiger partial charge in [0.1, 0.15) is 0 Å². The molecule has 2 N–H and O–H groups in total. The second-order valence-corrected chi connectivity index (χ2v) is 4.59. The van der Waals surface area contributed by atoms with E-state index in [9.17, 15) is 0 Å². The molecule has 0 bridgehead atoms. The highest BCUT2D eigenvalue weighted by Crippen LogP contribution is 2.24. The topological polar surface area (TPSA) is 53.0 Å². The van der Waals surface area contributed by atoms with Gasteiger partial charge in [-0.2, -0.15) is 5.26 Å². The van der Waals surface area contributed by atoms with Crippen molar-refractivity contribution in [3.05, 3.63) is 35.9 Å². The van der Waals surface area contributed by atoms with E-state index < -0.39 is 0 Å². The molecular weight excluding hydrogens is 210 g/mol. The zero-order valence-corrected chi connectivity index (χ0v) is 10.8. The van der Waals surface area contributed by atoms with Crippen molar-refractivity contribution in [1.29, 1.82) is 5.26 Å². The Hall–Kier alpha value is -1.37. The monoisotopic (exact) mass is 231 g/mol. The van der Waals surface area contributed by atoms with E-state index in [0.29, 0.717) is 6.42 Å². The predicted octanol–water partition coefficient (Wildman–Crippen LogP) is 2.31. The predicted molar refractivity (Wildman–Crippen MR) is 70.3 cm³/mol. The average Bonchev–Trinajstić information content (AvgIpc) is 2.30. The molecule has 1 rings (SSSR count). The molecule has 0 amide bonds. The number of likely N-dealkylation sites (N-methyl/N-ethyl adjacent to an activating group) is 1. The van der Waals surface area contributed by atoms with Gasteiger partial charge in [-0.1, -0.05) is 30.3 Å². The molecule has 0 spiro atoms. The SMILES string of the molecule is CC(N)C(c1ccccc1)N(C)C(C)CC#N. The van der Waals surface area contributed by atoms with Crippen molar-refractivity contribution >= 4 is 0 Å². The first-order chi connectivity index (χ1) is 8.07. The third-order valence-electron chi connectivity index (χ3n) is 3.16. The van der Waals surface area contributed by atoms with Crippen molar-refractivity contribution in [2.24, 2.45) is 5.73 Å². The molecule has 17 heavy (non-hydrogen) atoms. The molecule has 0 fully saturated rings. The van der Waals surface area contributed by atoms with E-state index in [1.54, 1.807) is 0 Å². The lowest BCUT2D eigenvalue weighted by Gasteiger charge is -2.35. The minimum atomic E-state index is 0.0311. The molecule has 3 nitrogen and oxygen atoms in total. The number of nitrogens with zero attached hydrogens (tertiary/aromatic N) is 2. The Morgan fingerprint density at radius 2 is 1.88 bits per heavy atom. The van der Waals surface area contributed by atoms with Gasteiger partial charge >= 0.3 is 0 Å². The Balaban J connectivity index is 2.91. The van der Waals surface area contributed by atoms with Crippen LogP contribution in [0.15, 0.2) is 30.3 Å². The van der Waals surface area contributed by atoms with Crippen LogP contribution in [0.3, 0.4) is 0 Å². The van der Waals surface area contributed by atoms with Crippen molar-refractivity contribution in [1.82, 2.24) is 4.90 Å². The van der Waals surface area contributed by atoms with Crippen LogP contribution in [0, 0.1) is 11.3 Å². The number of nitriles is 1. The largest absolute Gasteiger partial charge is 0.326 e. The van der Waals surface area contributed by atoms with Crippen molar-refractivity contribution in [2.45, 2.75) is 38.4 Å². The normalized spacial score (nSPS) is 16.2. The highest BCUT2D eigenvalue weighted by Gasteiger charge is 2.24. The lowest BCUT2D eigenvalue weighted by Crippen LogP contribution is -2.41. The average molecular weight is 231 g/mol. The van der Waals surface area contributed by atoms with Gasteiger partial charge in [0.25, 0.3) is 0 Å². The van der Waals surface area contributed by atoms with E-state index in [1.807, 2.05) is 32.2 Å². The van der Waals surface area contributed by atoms with Gasteiger partial charge in [-0.15, -0.1) is 0 Å². The lowest BCUT2D eigenvalue weighted by atomic mass is 9.98. The van der Waals surface area contributed by atoms with Gasteiger partial charge in [0.2, 0.25) is 0 Å². The van der Waals surface area contributed by atoms with E-state index in [1.165, 1.54) is 5.56 Å². The van der Waals surface area contributed by atoms with Crippen molar-refractivity contribution in [2.75, 3.05) is 7.05 Å². The summed E-state index contributed by atoms with van der Waals surface area (Å²) in [5.41, 5.74) is 7.28.